The molecule has 0 saturated heterocycles. The Bertz CT molecular complexity index is 879. The van der Waals surface area contributed by atoms with Crippen LogP contribution in [0, 0.1) is 0 Å². The Morgan fingerprint density at radius 1 is 0.542 bits per heavy atom. The molecule has 2 bridgehead atoms. The third-order valence-electron chi connectivity index (χ3n) is 5.47. The first-order valence-corrected chi connectivity index (χ1v) is 10.5. The van der Waals surface area contributed by atoms with E-state index >= 15 is 0 Å². The second kappa shape index (κ2) is 5.57. The van der Waals surface area contributed by atoms with Crippen molar-refractivity contribution in [3.05, 3.63) is 105 Å². The van der Waals surface area contributed by atoms with Gasteiger partial charge in [-0.2, -0.15) is 0 Å². The van der Waals surface area contributed by atoms with E-state index in [0.717, 1.165) is 10.7 Å². The van der Waals surface area contributed by atoms with Crippen LogP contribution in [0.4, 0.5) is 0 Å². The molecule has 0 aliphatic heterocycles. The van der Waals surface area contributed by atoms with Crippen molar-refractivity contribution in [2.75, 3.05) is 0 Å². The third kappa shape index (κ3) is 1.96. The SMILES string of the molecule is BrCc1ccc2c(c1)C1c3ccccc3C2c2cc(CBr)ccc21. The summed E-state index contributed by atoms with van der Waals surface area (Å²) in [6, 6.07) is 23.0. The summed E-state index contributed by atoms with van der Waals surface area (Å²) in [6.45, 7) is 0. The van der Waals surface area contributed by atoms with E-state index in [2.05, 4.69) is 92.5 Å². The topological polar surface area (TPSA) is 0 Å². The molecule has 0 fully saturated rings. The van der Waals surface area contributed by atoms with Gasteiger partial charge in [0.1, 0.15) is 0 Å². The molecule has 6 rings (SSSR count). The fourth-order valence-electron chi connectivity index (χ4n) is 4.48. The molecule has 3 aliphatic carbocycles. The first-order valence-electron chi connectivity index (χ1n) is 8.28. The first kappa shape index (κ1) is 14.9. The highest BCUT2D eigenvalue weighted by atomic mass is 79.9. The summed E-state index contributed by atoms with van der Waals surface area (Å²) in [4.78, 5) is 0. The highest BCUT2D eigenvalue weighted by Gasteiger charge is 2.41. The van der Waals surface area contributed by atoms with Crippen LogP contribution in [-0.4, -0.2) is 0 Å². The van der Waals surface area contributed by atoms with Crippen LogP contribution < -0.4 is 0 Å². The minimum atomic E-state index is 0.375. The number of rotatable bonds is 2. The van der Waals surface area contributed by atoms with Gasteiger partial charge >= 0.3 is 0 Å². The van der Waals surface area contributed by atoms with Crippen molar-refractivity contribution in [1.29, 1.82) is 0 Å². The summed E-state index contributed by atoms with van der Waals surface area (Å²) in [7, 11) is 0. The molecule has 2 atom stereocenters. The molecule has 3 aromatic carbocycles. The molecule has 2 heteroatoms. The van der Waals surface area contributed by atoms with Crippen LogP contribution in [0.2, 0.25) is 0 Å². The van der Waals surface area contributed by atoms with Crippen molar-refractivity contribution < 1.29 is 0 Å². The van der Waals surface area contributed by atoms with Crippen LogP contribution >= 0.6 is 31.9 Å². The molecule has 24 heavy (non-hydrogen) atoms. The van der Waals surface area contributed by atoms with E-state index in [0.29, 0.717) is 11.8 Å². The molecule has 3 aromatic rings. The third-order valence-corrected chi connectivity index (χ3v) is 6.77. The standard InChI is InChI=1S/C22H16Br2/c23-11-13-6-8-18-19(9-13)21-15-3-1-2-4-16(15)22(18)20-10-14(12-24)5-7-17(20)21/h1-10,21-22H,11-12H2. The van der Waals surface area contributed by atoms with E-state index in [1.54, 1.807) is 0 Å². The van der Waals surface area contributed by atoms with Crippen LogP contribution in [0.3, 0.4) is 0 Å². The van der Waals surface area contributed by atoms with Gasteiger partial charge in [0, 0.05) is 22.5 Å². The Balaban J connectivity index is 1.83. The predicted octanol–water partition coefficient (Wildman–Crippen LogP) is 6.46. The van der Waals surface area contributed by atoms with E-state index in [9.17, 15) is 0 Å². The number of hydrogen-bond donors (Lipinski definition) is 0. The maximum atomic E-state index is 3.62. The van der Waals surface area contributed by atoms with Gasteiger partial charge in [-0.05, 0) is 44.5 Å². The van der Waals surface area contributed by atoms with Crippen LogP contribution in [0.15, 0.2) is 60.7 Å². The lowest BCUT2D eigenvalue weighted by molar-refractivity contribution is 0.751. The number of alkyl halides is 2. The summed E-state index contributed by atoms with van der Waals surface area (Å²) < 4.78 is 0. The van der Waals surface area contributed by atoms with E-state index in [1.165, 1.54) is 44.5 Å². The highest BCUT2D eigenvalue weighted by Crippen LogP contribution is 2.55. The summed E-state index contributed by atoms with van der Waals surface area (Å²) in [5.41, 5.74) is 11.7. The fourth-order valence-corrected chi connectivity index (χ4v) is 5.18. The molecule has 2 unspecified atom stereocenters. The average molecular weight is 440 g/mol. The molecular formula is C22H16Br2. The summed E-state index contributed by atoms with van der Waals surface area (Å²) in [5, 5.41) is 1.82. The van der Waals surface area contributed by atoms with Crippen molar-refractivity contribution >= 4 is 31.9 Å². The van der Waals surface area contributed by atoms with Crippen molar-refractivity contribution in [2.45, 2.75) is 22.5 Å². The number of halogens is 2. The Hall–Kier alpha value is -1.38. The summed E-state index contributed by atoms with van der Waals surface area (Å²) in [5.74, 6) is 0.749. The van der Waals surface area contributed by atoms with E-state index in [4.69, 9.17) is 0 Å². The van der Waals surface area contributed by atoms with Gasteiger partial charge in [0.05, 0.1) is 0 Å². The summed E-state index contributed by atoms with van der Waals surface area (Å²) in [6.07, 6.45) is 0. The van der Waals surface area contributed by atoms with E-state index in [1.807, 2.05) is 0 Å². The molecular weight excluding hydrogens is 424 g/mol. The van der Waals surface area contributed by atoms with Crippen molar-refractivity contribution in [2.24, 2.45) is 0 Å². The number of hydrogen-bond acceptors (Lipinski definition) is 0. The minimum absolute atomic E-state index is 0.375. The van der Waals surface area contributed by atoms with Gasteiger partial charge < -0.3 is 0 Å². The zero-order chi connectivity index (χ0) is 16.3. The molecule has 3 aliphatic rings. The zero-order valence-electron chi connectivity index (χ0n) is 13.1. The predicted molar refractivity (Wildman–Crippen MR) is 106 cm³/mol. The second-order valence-corrected chi connectivity index (χ2v) is 7.81. The second-order valence-electron chi connectivity index (χ2n) is 6.69. The molecule has 0 radical (unpaired) electrons. The number of benzene rings is 3. The quantitative estimate of drug-likeness (QED) is 0.277. The first-order chi connectivity index (χ1) is 11.8. The molecule has 0 N–H and O–H groups in total. The lowest BCUT2D eigenvalue weighted by atomic mass is 9.61. The lowest BCUT2D eigenvalue weighted by Crippen LogP contribution is -2.27. The Kier molecular flexibility index (Phi) is 3.46. The van der Waals surface area contributed by atoms with Gasteiger partial charge in [0.15, 0.2) is 0 Å². The van der Waals surface area contributed by atoms with Gasteiger partial charge in [-0.15, -0.1) is 0 Å². The minimum Gasteiger partial charge on any atom is -0.0876 e. The molecule has 118 valence electrons. The average Bonchev–Trinajstić information content (AvgIpc) is 2.66. The monoisotopic (exact) mass is 438 g/mol. The molecule has 0 saturated carbocycles. The van der Waals surface area contributed by atoms with Crippen LogP contribution in [-0.2, 0) is 10.7 Å². The maximum Gasteiger partial charge on any atom is 0.0349 e. The van der Waals surface area contributed by atoms with E-state index < -0.39 is 0 Å². The van der Waals surface area contributed by atoms with Crippen molar-refractivity contribution in [3.8, 4) is 0 Å². The maximum absolute atomic E-state index is 3.62. The summed E-state index contributed by atoms with van der Waals surface area (Å²) >= 11 is 7.23. The van der Waals surface area contributed by atoms with Crippen molar-refractivity contribution in [3.63, 3.8) is 0 Å². The van der Waals surface area contributed by atoms with Crippen molar-refractivity contribution in [1.82, 2.24) is 0 Å². The van der Waals surface area contributed by atoms with Crippen LogP contribution in [0.1, 0.15) is 56.3 Å². The Morgan fingerprint density at radius 3 is 1.38 bits per heavy atom. The van der Waals surface area contributed by atoms with Crippen LogP contribution in [0.5, 0.6) is 0 Å². The zero-order valence-corrected chi connectivity index (χ0v) is 16.3. The van der Waals surface area contributed by atoms with Gasteiger partial charge in [-0.1, -0.05) is 92.5 Å². The molecule has 0 aromatic heterocycles. The van der Waals surface area contributed by atoms with Gasteiger partial charge in [0.2, 0.25) is 0 Å². The molecule has 0 heterocycles. The van der Waals surface area contributed by atoms with Crippen LogP contribution in [0.25, 0.3) is 0 Å². The lowest BCUT2D eigenvalue weighted by Gasteiger charge is -2.42. The smallest absolute Gasteiger partial charge is 0.0349 e. The molecule has 0 amide bonds. The Labute approximate surface area is 159 Å². The van der Waals surface area contributed by atoms with Gasteiger partial charge in [-0.3, -0.25) is 0 Å². The molecule has 0 spiro atoms. The normalized spacial score (nSPS) is 19.6. The fraction of sp³-hybridized carbons (Fsp3) is 0.182. The largest absolute Gasteiger partial charge is 0.0876 e. The van der Waals surface area contributed by atoms with Gasteiger partial charge in [0.25, 0.3) is 0 Å². The molecule has 0 nitrogen and oxygen atoms in total. The van der Waals surface area contributed by atoms with Gasteiger partial charge in [-0.25, -0.2) is 0 Å². The Morgan fingerprint density at radius 2 is 0.958 bits per heavy atom. The van der Waals surface area contributed by atoms with E-state index in [-0.39, 0.29) is 0 Å². The highest BCUT2D eigenvalue weighted by molar-refractivity contribution is 9.08.